The Kier molecular flexibility index (Phi) is 6.80. The van der Waals surface area contributed by atoms with E-state index in [0.29, 0.717) is 23.7 Å². The van der Waals surface area contributed by atoms with Crippen LogP contribution in [0.25, 0.3) is 6.08 Å². The zero-order valence-corrected chi connectivity index (χ0v) is 16.3. The van der Waals surface area contributed by atoms with Crippen molar-refractivity contribution >= 4 is 17.7 Å². The molecule has 1 N–H and O–H groups in total. The highest BCUT2D eigenvalue weighted by atomic mass is 19.1. The monoisotopic (exact) mass is 402 g/mol. The molecule has 0 aromatic heterocycles. The summed E-state index contributed by atoms with van der Waals surface area (Å²) in [6.45, 7) is 0.376. The second kappa shape index (κ2) is 9.89. The van der Waals surface area contributed by atoms with Gasteiger partial charge in [0.05, 0.1) is 12.8 Å². The van der Waals surface area contributed by atoms with E-state index in [4.69, 9.17) is 9.47 Å². The van der Waals surface area contributed by atoms with Crippen LogP contribution in [0, 0.1) is 17.1 Å². The van der Waals surface area contributed by atoms with Gasteiger partial charge >= 0.3 is 0 Å². The van der Waals surface area contributed by atoms with Gasteiger partial charge in [-0.3, -0.25) is 4.79 Å². The second-order valence-electron chi connectivity index (χ2n) is 6.29. The third kappa shape index (κ3) is 5.24. The Balaban J connectivity index is 1.76. The number of methoxy groups -OCH3 is 1. The highest BCUT2D eigenvalue weighted by Crippen LogP contribution is 2.29. The maximum Gasteiger partial charge on any atom is 0.266 e. The summed E-state index contributed by atoms with van der Waals surface area (Å²) in [5.41, 5.74) is 1.42. The summed E-state index contributed by atoms with van der Waals surface area (Å²) in [6.07, 6.45) is 1.40. The number of benzene rings is 3. The molecule has 3 aromatic carbocycles. The number of nitrogens with one attached hydrogen (secondary N) is 1. The maximum atomic E-state index is 13.7. The van der Waals surface area contributed by atoms with Crippen molar-refractivity contribution in [2.75, 3.05) is 12.4 Å². The smallest absolute Gasteiger partial charge is 0.266 e. The lowest BCUT2D eigenvalue weighted by Crippen LogP contribution is -2.14. The van der Waals surface area contributed by atoms with Crippen LogP contribution in [0.5, 0.6) is 11.5 Å². The fourth-order valence-electron chi connectivity index (χ4n) is 2.70. The quantitative estimate of drug-likeness (QED) is 0.448. The van der Waals surface area contributed by atoms with E-state index in [-0.39, 0.29) is 11.3 Å². The first-order chi connectivity index (χ1) is 14.6. The molecule has 0 radical (unpaired) electrons. The van der Waals surface area contributed by atoms with Crippen LogP contribution in [0.4, 0.5) is 10.1 Å². The Morgan fingerprint density at radius 1 is 1.07 bits per heavy atom. The van der Waals surface area contributed by atoms with E-state index in [1.54, 1.807) is 24.3 Å². The first-order valence-corrected chi connectivity index (χ1v) is 9.13. The van der Waals surface area contributed by atoms with Gasteiger partial charge in [-0.25, -0.2) is 4.39 Å². The molecule has 1 amide bonds. The van der Waals surface area contributed by atoms with Crippen molar-refractivity contribution in [3.63, 3.8) is 0 Å². The van der Waals surface area contributed by atoms with Crippen molar-refractivity contribution in [1.82, 2.24) is 0 Å². The first-order valence-electron chi connectivity index (χ1n) is 9.13. The summed E-state index contributed by atoms with van der Waals surface area (Å²) in [6, 6.07) is 22.4. The molecular weight excluding hydrogens is 383 g/mol. The van der Waals surface area contributed by atoms with E-state index >= 15 is 0 Å². The molecular formula is C24H19FN2O3. The van der Waals surface area contributed by atoms with E-state index in [2.05, 4.69) is 5.32 Å². The minimum atomic E-state index is -0.703. The predicted molar refractivity (Wildman–Crippen MR) is 112 cm³/mol. The number of nitrogens with zero attached hydrogens (tertiary/aromatic N) is 1. The van der Waals surface area contributed by atoms with Crippen LogP contribution in [0.3, 0.4) is 0 Å². The number of amides is 1. The minimum absolute atomic E-state index is 0.00545. The van der Waals surface area contributed by atoms with Crippen molar-refractivity contribution < 1.29 is 18.7 Å². The van der Waals surface area contributed by atoms with Crippen LogP contribution < -0.4 is 14.8 Å². The SMILES string of the molecule is COc1cc(/C=C(\C#N)C(=O)Nc2ccccc2F)ccc1OCc1ccccc1. The molecule has 0 unspecified atom stereocenters. The van der Waals surface area contributed by atoms with Crippen LogP contribution in [-0.2, 0) is 11.4 Å². The standard InChI is InChI=1S/C24H19FN2O3/c1-29-23-14-18(11-12-22(23)30-16-17-7-3-2-4-8-17)13-19(15-26)24(28)27-21-10-6-5-9-20(21)25/h2-14H,16H2,1H3,(H,27,28)/b19-13+. The van der Waals surface area contributed by atoms with Gasteiger partial charge in [0, 0.05) is 0 Å². The number of hydrogen-bond acceptors (Lipinski definition) is 4. The molecule has 30 heavy (non-hydrogen) atoms. The Morgan fingerprint density at radius 2 is 1.80 bits per heavy atom. The Labute approximate surface area is 174 Å². The molecule has 0 fully saturated rings. The first kappa shape index (κ1) is 20.6. The third-order valence-corrected chi connectivity index (χ3v) is 4.22. The normalized spacial score (nSPS) is 10.8. The van der Waals surface area contributed by atoms with Gasteiger partial charge < -0.3 is 14.8 Å². The molecule has 5 nitrogen and oxygen atoms in total. The zero-order chi connectivity index (χ0) is 21.3. The van der Waals surface area contributed by atoms with Gasteiger partial charge in [0.25, 0.3) is 5.91 Å². The van der Waals surface area contributed by atoms with Crippen molar-refractivity contribution in [1.29, 1.82) is 5.26 Å². The van der Waals surface area contributed by atoms with Gasteiger partial charge in [-0.15, -0.1) is 0 Å². The topological polar surface area (TPSA) is 71.3 Å². The number of rotatable bonds is 7. The summed E-state index contributed by atoms with van der Waals surface area (Å²) in [5, 5.41) is 11.8. The molecule has 0 heterocycles. The van der Waals surface area contributed by atoms with Gasteiger partial charge in [-0.05, 0) is 41.5 Å². The Bertz CT molecular complexity index is 1100. The summed E-state index contributed by atoms with van der Waals surface area (Å²) in [7, 11) is 1.51. The van der Waals surface area contributed by atoms with Gasteiger partial charge in [-0.2, -0.15) is 5.26 Å². The molecule has 0 aliphatic carbocycles. The molecule has 0 saturated carbocycles. The van der Waals surface area contributed by atoms with E-state index < -0.39 is 11.7 Å². The fraction of sp³-hybridized carbons (Fsp3) is 0.0833. The number of para-hydroxylation sites is 1. The molecule has 0 atom stereocenters. The van der Waals surface area contributed by atoms with Gasteiger partial charge in [-0.1, -0.05) is 48.5 Å². The Morgan fingerprint density at radius 3 is 2.50 bits per heavy atom. The van der Waals surface area contributed by atoms with E-state index in [0.717, 1.165) is 5.56 Å². The highest BCUT2D eigenvalue weighted by molar-refractivity contribution is 6.09. The molecule has 0 aliphatic heterocycles. The van der Waals surface area contributed by atoms with Crippen LogP contribution in [0.1, 0.15) is 11.1 Å². The van der Waals surface area contributed by atoms with Crippen LogP contribution >= 0.6 is 0 Å². The summed E-state index contributed by atoms with van der Waals surface area (Å²) in [5.74, 6) is -0.282. The molecule has 0 spiro atoms. The lowest BCUT2D eigenvalue weighted by atomic mass is 10.1. The highest BCUT2D eigenvalue weighted by Gasteiger charge is 2.13. The molecule has 3 rings (SSSR count). The lowest BCUT2D eigenvalue weighted by molar-refractivity contribution is -0.112. The number of hydrogen-bond donors (Lipinski definition) is 1. The van der Waals surface area contributed by atoms with Gasteiger partial charge in [0.2, 0.25) is 0 Å². The average Bonchev–Trinajstić information content (AvgIpc) is 2.78. The molecule has 0 bridgehead atoms. The molecule has 0 saturated heterocycles. The third-order valence-electron chi connectivity index (χ3n) is 4.22. The molecule has 150 valence electrons. The molecule has 6 heteroatoms. The van der Waals surface area contributed by atoms with Crippen molar-refractivity contribution in [2.45, 2.75) is 6.61 Å². The summed E-state index contributed by atoms with van der Waals surface area (Å²) >= 11 is 0. The van der Waals surface area contributed by atoms with Crippen LogP contribution in [-0.4, -0.2) is 13.0 Å². The number of halogens is 1. The number of anilines is 1. The second-order valence-corrected chi connectivity index (χ2v) is 6.29. The molecule has 0 aliphatic rings. The maximum absolute atomic E-state index is 13.7. The number of ether oxygens (including phenoxy) is 2. The number of nitriles is 1. The zero-order valence-electron chi connectivity index (χ0n) is 16.3. The average molecular weight is 402 g/mol. The number of carbonyl (C=O) groups is 1. The van der Waals surface area contributed by atoms with E-state index in [1.807, 2.05) is 36.4 Å². The summed E-state index contributed by atoms with van der Waals surface area (Å²) in [4.78, 5) is 12.4. The minimum Gasteiger partial charge on any atom is -0.493 e. The fourth-order valence-corrected chi connectivity index (χ4v) is 2.70. The van der Waals surface area contributed by atoms with Crippen molar-refractivity contribution in [3.8, 4) is 17.6 Å². The lowest BCUT2D eigenvalue weighted by Gasteiger charge is -2.11. The van der Waals surface area contributed by atoms with Crippen LogP contribution in [0.15, 0.2) is 78.4 Å². The summed E-state index contributed by atoms with van der Waals surface area (Å²) < 4.78 is 24.9. The van der Waals surface area contributed by atoms with Crippen LogP contribution in [0.2, 0.25) is 0 Å². The number of carbonyl (C=O) groups excluding carboxylic acids is 1. The van der Waals surface area contributed by atoms with Crippen molar-refractivity contribution in [2.24, 2.45) is 0 Å². The predicted octanol–water partition coefficient (Wildman–Crippen LogP) is 4.96. The van der Waals surface area contributed by atoms with Gasteiger partial charge in [0.1, 0.15) is 24.1 Å². The molecule has 3 aromatic rings. The largest absolute Gasteiger partial charge is 0.493 e. The van der Waals surface area contributed by atoms with Gasteiger partial charge in [0.15, 0.2) is 11.5 Å². The van der Waals surface area contributed by atoms with E-state index in [9.17, 15) is 14.4 Å². The van der Waals surface area contributed by atoms with Crippen molar-refractivity contribution in [3.05, 3.63) is 95.3 Å². The Hall–Kier alpha value is -4.11. The van der Waals surface area contributed by atoms with E-state index in [1.165, 1.54) is 31.4 Å².